The molecule has 1 fully saturated rings. The molecular formula is C15H16BrCl2N3O4. The molecule has 2 heterocycles. The normalized spacial score (nSPS) is 27.4. The Morgan fingerprint density at radius 2 is 1.96 bits per heavy atom. The summed E-state index contributed by atoms with van der Waals surface area (Å²) >= 11 is 15.7. The van der Waals surface area contributed by atoms with E-state index in [2.05, 4.69) is 20.9 Å². The first-order valence-electron chi connectivity index (χ1n) is 7.35. The summed E-state index contributed by atoms with van der Waals surface area (Å²) in [6.45, 7) is -0.427. The Kier molecular flexibility index (Phi) is 5.32. The van der Waals surface area contributed by atoms with Gasteiger partial charge in [0.1, 0.15) is 24.1 Å². The van der Waals surface area contributed by atoms with Gasteiger partial charge in [-0.05, 0) is 28.1 Å². The van der Waals surface area contributed by atoms with Gasteiger partial charge < -0.3 is 30.4 Å². The van der Waals surface area contributed by atoms with Gasteiger partial charge in [0.05, 0.1) is 32.3 Å². The maximum absolute atomic E-state index is 10.4. The van der Waals surface area contributed by atoms with Gasteiger partial charge in [-0.3, -0.25) is 4.99 Å². The fourth-order valence-corrected chi connectivity index (χ4v) is 4.10. The fraction of sp³-hybridized carbons (Fsp3) is 0.400. The van der Waals surface area contributed by atoms with Gasteiger partial charge in [-0.25, -0.2) is 0 Å². The standard InChI is InChI=1S/C15H16BrCl2N3O4/c1-20-14(19)10-5-2-6(17)7(18)3-8(5)21(13(10)16)15-12(24)11(23)9(4-22)25-15/h2-3,9,11-12,15,22-24H,4H2,1H3,(H2,19,20). The van der Waals surface area contributed by atoms with Crippen molar-refractivity contribution < 1.29 is 20.1 Å². The summed E-state index contributed by atoms with van der Waals surface area (Å²) in [5.41, 5.74) is 7.16. The number of benzene rings is 1. The molecule has 0 spiro atoms. The molecule has 25 heavy (non-hydrogen) atoms. The van der Waals surface area contributed by atoms with Crippen LogP contribution in [0.15, 0.2) is 21.7 Å². The van der Waals surface area contributed by atoms with Gasteiger partial charge in [-0.2, -0.15) is 0 Å². The zero-order chi connectivity index (χ0) is 18.5. The highest BCUT2D eigenvalue weighted by molar-refractivity contribution is 9.10. The number of aromatic nitrogens is 1. The number of halogens is 3. The number of hydrogen-bond acceptors (Lipinski definition) is 5. The Hall–Kier alpha value is -0.870. The van der Waals surface area contributed by atoms with E-state index < -0.39 is 31.1 Å². The summed E-state index contributed by atoms with van der Waals surface area (Å²) in [7, 11) is 1.55. The van der Waals surface area contributed by atoms with Gasteiger partial charge in [0.15, 0.2) is 6.23 Å². The van der Waals surface area contributed by atoms with Crippen molar-refractivity contribution in [2.45, 2.75) is 24.5 Å². The van der Waals surface area contributed by atoms with Crippen molar-refractivity contribution in [3.05, 3.63) is 32.3 Å². The molecule has 1 aliphatic heterocycles. The molecule has 136 valence electrons. The first-order valence-corrected chi connectivity index (χ1v) is 8.90. The quantitative estimate of drug-likeness (QED) is 0.417. The fourth-order valence-electron chi connectivity index (χ4n) is 2.97. The van der Waals surface area contributed by atoms with Crippen LogP contribution in [0.2, 0.25) is 10.0 Å². The summed E-state index contributed by atoms with van der Waals surface area (Å²) in [5.74, 6) is 0.251. The lowest BCUT2D eigenvalue weighted by Gasteiger charge is -2.19. The molecule has 1 saturated heterocycles. The van der Waals surface area contributed by atoms with Gasteiger partial charge in [0.25, 0.3) is 0 Å². The lowest BCUT2D eigenvalue weighted by molar-refractivity contribution is -0.0515. The third-order valence-corrected chi connectivity index (χ3v) is 5.75. The minimum absolute atomic E-state index is 0.251. The Morgan fingerprint density at radius 3 is 2.52 bits per heavy atom. The molecule has 2 aromatic rings. The van der Waals surface area contributed by atoms with Crippen LogP contribution in [0.3, 0.4) is 0 Å². The molecule has 7 nitrogen and oxygen atoms in total. The maximum atomic E-state index is 10.4. The average Bonchev–Trinajstić information content (AvgIpc) is 3.01. The van der Waals surface area contributed by atoms with Gasteiger partial charge >= 0.3 is 0 Å². The predicted octanol–water partition coefficient (Wildman–Crippen LogP) is 1.66. The second-order valence-electron chi connectivity index (χ2n) is 5.66. The number of rotatable bonds is 3. The number of aliphatic hydroxyl groups is 3. The van der Waals surface area contributed by atoms with Crippen molar-refractivity contribution >= 4 is 55.9 Å². The molecule has 0 aliphatic carbocycles. The summed E-state index contributed by atoms with van der Waals surface area (Å²) < 4.78 is 7.72. The third-order valence-electron chi connectivity index (χ3n) is 4.25. The van der Waals surface area contributed by atoms with E-state index in [1.165, 1.54) is 0 Å². The van der Waals surface area contributed by atoms with Gasteiger partial charge in [-0.15, -0.1) is 0 Å². The van der Waals surface area contributed by atoms with E-state index in [-0.39, 0.29) is 5.84 Å². The number of amidine groups is 1. The number of hydrogen-bond donors (Lipinski definition) is 4. The Balaban J connectivity index is 2.29. The molecule has 0 bridgehead atoms. The number of nitrogens with zero attached hydrogens (tertiary/aromatic N) is 2. The Bertz CT molecular complexity index is 857. The van der Waals surface area contributed by atoms with E-state index in [1.807, 2.05) is 0 Å². The minimum Gasteiger partial charge on any atom is -0.394 e. The van der Waals surface area contributed by atoms with Gasteiger partial charge in [0, 0.05) is 12.4 Å². The molecule has 3 rings (SSSR count). The topological polar surface area (TPSA) is 113 Å². The minimum atomic E-state index is -1.26. The zero-order valence-electron chi connectivity index (χ0n) is 13.0. The van der Waals surface area contributed by atoms with Crippen LogP contribution >= 0.6 is 39.1 Å². The number of nitrogens with two attached hydrogens (primary N) is 1. The van der Waals surface area contributed by atoms with Gasteiger partial charge in [0.2, 0.25) is 0 Å². The molecule has 0 amide bonds. The van der Waals surface area contributed by atoms with Crippen LogP contribution in [0.25, 0.3) is 10.9 Å². The van der Waals surface area contributed by atoms with E-state index in [0.717, 1.165) is 0 Å². The predicted molar refractivity (Wildman–Crippen MR) is 99.3 cm³/mol. The highest BCUT2D eigenvalue weighted by Crippen LogP contribution is 2.41. The second kappa shape index (κ2) is 7.03. The lowest BCUT2D eigenvalue weighted by Crippen LogP contribution is -2.33. The summed E-state index contributed by atoms with van der Waals surface area (Å²) in [5, 5.41) is 31.1. The molecule has 4 unspecified atom stereocenters. The smallest absolute Gasteiger partial charge is 0.164 e. The molecule has 0 saturated carbocycles. The first kappa shape index (κ1) is 18.9. The van der Waals surface area contributed by atoms with Crippen LogP contribution in [0.4, 0.5) is 0 Å². The van der Waals surface area contributed by atoms with Crippen LogP contribution in [-0.4, -0.2) is 57.7 Å². The van der Waals surface area contributed by atoms with Crippen LogP contribution in [-0.2, 0) is 4.74 Å². The van der Waals surface area contributed by atoms with E-state index >= 15 is 0 Å². The van der Waals surface area contributed by atoms with Crippen molar-refractivity contribution in [1.29, 1.82) is 0 Å². The molecule has 5 N–H and O–H groups in total. The maximum Gasteiger partial charge on any atom is 0.164 e. The molecule has 1 aromatic carbocycles. The SMILES string of the molecule is CN=C(N)c1c(Br)n(C2OC(CO)C(O)C2O)c2cc(Cl)c(Cl)cc12. The summed E-state index contributed by atoms with van der Waals surface area (Å²) in [6.07, 6.45) is -4.36. The van der Waals surface area contributed by atoms with E-state index in [4.69, 9.17) is 33.7 Å². The first-order chi connectivity index (χ1) is 11.8. The highest BCUT2D eigenvalue weighted by atomic mass is 79.9. The van der Waals surface area contributed by atoms with Crippen LogP contribution < -0.4 is 5.73 Å². The number of fused-ring (bicyclic) bond motifs is 1. The molecule has 0 radical (unpaired) electrons. The number of ether oxygens (including phenoxy) is 1. The van der Waals surface area contributed by atoms with Crippen molar-refractivity contribution in [2.24, 2.45) is 10.7 Å². The van der Waals surface area contributed by atoms with Crippen molar-refractivity contribution in [2.75, 3.05) is 13.7 Å². The number of aliphatic imine (C=N–C) groups is 1. The highest BCUT2D eigenvalue weighted by Gasteiger charge is 2.44. The molecular weight excluding hydrogens is 437 g/mol. The average molecular weight is 453 g/mol. The van der Waals surface area contributed by atoms with E-state index in [1.54, 1.807) is 23.7 Å². The van der Waals surface area contributed by atoms with E-state index in [0.29, 0.717) is 31.1 Å². The molecule has 1 aromatic heterocycles. The molecule has 10 heteroatoms. The second-order valence-corrected chi connectivity index (χ2v) is 7.22. The van der Waals surface area contributed by atoms with Crippen LogP contribution in [0.1, 0.15) is 11.8 Å². The van der Waals surface area contributed by atoms with Crippen molar-refractivity contribution in [3.8, 4) is 0 Å². The Morgan fingerprint density at radius 1 is 1.32 bits per heavy atom. The molecule has 1 aliphatic rings. The van der Waals surface area contributed by atoms with Crippen LogP contribution in [0, 0.1) is 0 Å². The monoisotopic (exact) mass is 451 g/mol. The summed E-state index contributed by atoms with van der Waals surface area (Å²) in [6, 6.07) is 3.26. The number of aliphatic hydroxyl groups excluding tert-OH is 3. The third kappa shape index (κ3) is 2.95. The Labute approximate surface area is 161 Å². The largest absolute Gasteiger partial charge is 0.394 e. The van der Waals surface area contributed by atoms with Crippen molar-refractivity contribution in [1.82, 2.24) is 4.57 Å². The summed E-state index contributed by atoms with van der Waals surface area (Å²) in [4.78, 5) is 4.01. The van der Waals surface area contributed by atoms with Crippen LogP contribution in [0.5, 0.6) is 0 Å². The zero-order valence-corrected chi connectivity index (χ0v) is 16.1. The van der Waals surface area contributed by atoms with E-state index in [9.17, 15) is 15.3 Å². The van der Waals surface area contributed by atoms with Crippen molar-refractivity contribution in [3.63, 3.8) is 0 Å². The van der Waals surface area contributed by atoms with Gasteiger partial charge in [-0.1, -0.05) is 23.2 Å². The molecule has 4 atom stereocenters. The lowest BCUT2D eigenvalue weighted by atomic mass is 10.1.